The molecule has 0 radical (unpaired) electrons. The fourth-order valence-electron chi connectivity index (χ4n) is 4.24. The number of rotatable bonds is 7. The molecule has 214 valence electrons. The molecule has 4 aromatic carbocycles. The highest BCUT2D eigenvalue weighted by molar-refractivity contribution is 5.94. The van der Waals surface area contributed by atoms with Gasteiger partial charge in [0.1, 0.15) is 0 Å². The second kappa shape index (κ2) is 15.3. The minimum Gasteiger partial charge on any atom is -0.369 e. The molecule has 0 unspecified atom stereocenters. The van der Waals surface area contributed by atoms with Crippen molar-refractivity contribution in [2.75, 3.05) is 10.6 Å². The number of para-hydroxylation sites is 1. The Morgan fingerprint density at radius 2 is 1.32 bits per heavy atom. The van der Waals surface area contributed by atoms with Crippen LogP contribution in [0, 0.1) is 6.92 Å². The first kappa shape index (κ1) is 31.0. The largest absolute Gasteiger partial charge is 0.369 e. The highest BCUT2D eigenvalue weighted by atomic mass is 15.1. The van der Waals surface area contributed by atoms with Gasteiger partial charge >= 0.3 is 0 Å². The Morgan fingerprint density at radius 1 is 0.683 bits per heavy atom. The number of aryl methyl sites for hydroxylation is 2. The lowest BCUT2D eigenvalue weighted by molar-refractivity contribution is 0.867. The summed E-state index contributed by atoms with van der Waals surface area (Å²) < 4.78 is 0. The van der Waals surface area contributed by atoms with Gasteiger partial charge in [0.05, 0.1) is 11.4 Å². The molecule has 0 aliphatic heterocycles. The van der Waals surface area contributed by atoms with E-state index in [4.69, 9.17) is 11.5 Å². The lowest BCUT2D eigenvalue weighted by Crippen LogP contribution is -2.22. The van der Waals surface area contributed by atoms with Crippen LogP contribution in [-0.2, 0) is 6.42 Å². The summed E-state index contributed by atoms with van der Waals surface area (Å²) in [6.45, 7) is 12.8. The number of hydrogen-bond acceptors (Lipinski definition) is 2. The molecule has 0 spiro atoms. The first-order chi connectivity index (χ1) is 19.6. The van der Waals surface area contributed by atoms with Gasteiger partial charge < -0.3 is 22.1 Å². The van der Waals surface area contributed by atoms with Crippen LogP contribution in [0.4, 0.5) is 22.7 Å². The Morgan fingerprint density at radius 3 is 1.98 bits per heavy atom. The van der Waals surface area contributed by atoms with Crippen LogP contribution in [0.5, 0.6) is 0 Å². The molecule has 0 atom stereocenters. The van der Waals surface area contributed by atoms with Gasteiger partial charge in [0.2, 0.25) is 0 Å². The highest BCUT2D eigenvalue weighted by Gasteiger charge is 2.06. The molecule has 41 heavy (non-hydrogen) atoms. The monoisotopic (exact) mass is 548 g/mol. The van der Waals surface area contributed by atoms with Crippen LogP contribution in [0.15, 0.2) is 107 Å². The summed E-state index contributed by atoms with van der Waals surface area (Å²) in [5.41, 5.74) is 20.6. The van der Waals surface area contributed by atoms with Crippen molar-refractivity contribution in [3.63, 3.8) is 0 Å². The molecule has 0 amide bonds. The number of nitrogens with one attached hydrogen (secondary N) is 2. The van der Waals surface area contributed by atoms with E-state index in [1.807, 2.05) is 73.7 Å². The molecule has 0 bridgehead atoms. The van der Waals surface area contributed by atoms with Gasteiger partial charge in [-0.2, -0.15) is 0 Å². The summed E-state index contributed by atoms with van der Waals surface area (Å²) in [5, 5.41) is 6.27. The zero-order valence-corrected chi connectivity index (χ0v) is 25.1. The fourth-order valence-corrected chi connectivity index (χ4v) is 4.24. The number of guanidine groups is 2. The van der Waals surface area contributed by atoms with E-state index < -0.39 is 0 Å². The van der Waals surface area contributed by atoms with Gasteiger partial charge in [-0.25, -0.2) is 9.98 Å². The van der Waals surface area contributed by atoms with E-state index in [0.717, 1.165) is 29.2 Å². The maximum atomic E-state index is 6.04. The van der Waals surface area contributed by atoms with Crippen LogP contribution in [-0.4, -0.2) is 11.9 Å². The van der Waals surface area contributed by atoms with Gasteiger partial charge in [-0.05, 0) is 89.9 Å². The van der Waals surface area contributed by atoms with Gasteiger partial charge in [0.15, 0.2) is 11.9 Å². The van der Waals surface area contributed by atoms with E-state index in [2.05, 4.69) is 85.6 Å². The maximum Gasteiger partial charge on any atom is 0.198 e. The third kappa shape index (κ3) is 10.2. The zero-order valence-electron chi connectivity index (χ0n) is 25.1. The molecule has 6 heteroatoms. The van der Waals surface area contributed by atoms with Gasteiger partial charge in [0.25, 0.3) is 0 Å². The van der Waals surface area contributed by atoms with Crippen molar-refractivity contribution in [1.82, 2.24) is 0 Å². The molecule has 0 aliphatic carbocycles. The van der Waals surface area contributed by atoms with E-state index in [0.29, 0.717) is 23.8 Å². The summed E-state index contributed by atoms with van der Waals surface area (Å²) in [7, 11) is 0. The van der Waals surface area contributed by atoms with Crippen molar-refractivity contribution < 1.29 is 0 Å². The molecule has 0 aliphatic rings. The average molecular weight is 549 g/mol. The average Bonchev–Trinajstić information content (AvgIpc) is 2.93. The number of anilines is 2. The Labute approximate surface area is 245 Å². The predicted octanol–water partition coefficient (Wildman–Crippen LogP) is 8.61. The molecule has 0 fully saturated rings. The van der Waals surface area contributed by atoms with Crippen LogP contribution >= 0.6 is 0 Å². The zero-order chi connectivity index (χ0) is 29.8. The standard InChI is InChI=1S/C18H23N3.C17H21N3/c1-4-14-8-7-9-15(12-14)20-18(19)21-17-11-6-5-10-16(17)13(2)3;1-12(2)14-7-5-9-16(11-14)20-17(18)19-15-8-4-6-13(3)10-15/h5-13H,4H2,1-3H3,(H3,19,20,21);4-12H,1-3H3,(H3,18,19,20). The summed E-state index contributed by atoms with van der Waals surface area (Å²) in [6.07, 6.45) is 1.00. The van der Waals surface area contributed by atoms with Gasteiger partial charge in [-0.3, -0.25) is 0 Å². The Balaban J connectivity index is 0.000000226. The van der Waals surface area contributed by atoms with Crippen LogP contribution < -0.4 is 22.1 Å². The Kier molecular flexibility index (Phi) is 11.5. The van der Waals surface area contributed by atoms with Crippen molar-refractivity contribution >= 4 is 34.7 Å². The van der Waals surface area contributed by atoms with Crippen LogP contribution in [0.2, 0.25) is 0 Å². The van der Waals surface area contributed by atoms with Crippen LogP contribution in [0.25, 0.3) is 0 Å². The first-order valence-electron chi connectivity index (χ1n) is 14.2. The number of benzene rings is 4. The van der Waals surface area contributed by atoms with Crippen molar-refractivity contribution in [3.05, 3.63) is 119 Å². The molecule has 0 saturated carbocycles. The molecular formula is C35H44N6. The highest BCUT2D eigenvalue weighted by Crippen LogP contribution is 2.26. The molecule has 4 rings (SSSR count). The van der Waals surface area contributed by atoms with Gasteiger partial charge in [-0.1, -0.05) is 89.2 Å². The first-order valence-corrected chi connectivity index (χ1v) is 14.2. The summed E-state index contributed by atoms with van der Waals surface area (Å²) in [6, 6.07) is 32.5. The lowest BCUT2D eigenvalue weighted by Gasteiger charge is -2.11. The van der Waals surface area contributed by atoms with Crippen molar-refractivity contribution in [3.8, 4) is 0 Å². The third-order valence-corrected chi connectivity index (χ3v) is 6.48. The van der Waals surface area contributed by atoms with Crippen LogP contribution in [0.1, 0.15) is 68.7 Å². The third-order valence-electron chi connectivity index (χ3n) is 6.48. The van der Waals surface area contributed by atoms with E-state index in [9.17, 15) is 0 Å². The molecule has 6 N–H and O–H groups in total. The second-order valence-electron chi connectivity index (χ2n) is 10.6. The Bertz CT molecular complexity index is 1470. The molecular weight excluding hydrogens is 504 g/mol. The fraction of sp³-hybridized carbons (Fsp3) is 0.257. The number of nitrogens with two attached hydrogens (primary N) is 2. The number of hydrogen-bond donors (Lipinski definition) is 4. The molecule has 0 heterocycles. The normalized spacial score (nSPS) is 11.7. The van der Waals surface area contributed by atoms with Gasteiger partial charge in [-0.15, -0.1) is 0 Å². The molecule has 0 saturated heterocycles. The predicted molar refractivity (Wildman–Crippen MR) is 178 cm³/mol. The number of aliphatic imine (C=N–C) groups is 2. The quantitative estimate of drug-likeness (QED) is 0.137. The van der Waals surface area contributed by atoms with Crippen molar-refractivity contribution in [2.45, 2.75) is 59.8 Å². The van der Waals surface area contributed by atoms with E-state index in [1.165, 1.54) is 22.3 Å². The van der Waals surface area contributed by atoms with Crippen LogP contribution in [0.3, 0.4) is 0 Å². The van der Waals surface area contributed by atoms with Crippen molar-refractivity contribution in [1.29, 1.82) is 0 Å². The second-order valence-corrected chi connectivity index (χ2v) is 10.6. The van der Waals surface area contributed by atoms with E-state index in [1.54, 1.807) is 0 Å². The molecule has 0 aromatic heterocycles. The minimum atomic E-state index is 0.400. The summed E-state index contributed by atoms with van der Waals surface area (Å²) >= 11 is 0. The minimum absolute atomic E-state index is 0.400. The summed E-state index contributed by atoms with van der Waals surface area (Å²) in [4.78, 5) is 8.92. The van der Waals surface area contributed by atoms with E-state index in [-0.39, 0.29) is 0 Å². The molecule has 6 nitrogen and oxygen atoms in total. The maximum absolute atomic E-state index is 6.04. The Hall–Kier alpha value is -4.58. The topological polar surface area (TPSA) is 101 Å². The van der Waals surface area contributed by atoms with Gasteiger partial charge in [0, 0.05) is 11.4 Å². The van der Waals surface area contributed by atoms with Crippen molar-refractivity contribution in [2.24, 2.45) is 21.5 Å². The lowest BCUT2D eigenvalue weighted by atomic mass is 10.0. The molecule has 4 aromatic rings. The SMILES string of the molecule is CCc1cccc(NC(N)=Nc2ccccc2C(C)C)c1.Cc1cccc(NC(N)=Nc2cccc(C(C)C)c2)c1. The number of nitrogens with zero attached hydrogens (tertiary/aromatic N) is 2. The van der Waals surface area contributed by atoms with E-state index >= 15 is 0 Å². The smallest absolute Gasteiger partial charge is 0.198 e. The summed E-state index contributed by atoms with van der Waals surface area (Å²) in [5.74, 6) is 1.71.